The van der Waals surface area contributed by atoms with Gasteiger partial charge in [-0.25, -0.2) is 4.79 Å². The molecule has 0 N–H and O–H groups in total. The highest BCUT2D eigenvalue weighted by atomic mass is 16.5. The number of ether oxygens (including phenoxy) is 2. The number of rotatable bonds is 4. The molecule has 2 rings (SSSR count). The summed E-state index contributed by atoms with van der Waals surface area (Å²) in [6, 6.07) is 4.12. The van der Waals surface area contributed by atoms with Crippen molar-refractivity contribution in [1.29, 1.82) is 0 Å². The SMILES string of the molecule is CCC(C(=O)OC)N1C(=O)C(C)Oc2ccc(C(C)=O)cc21. The van der Waals surface area contributed by atoms with Crippen molar-refractivity contribution < 1.29 is 23.9 Å². The van der Waals surface area contributed by atoms with Gasteiger partial charge < -0.3 is 9.47 Å². The zero-order valence-electron chi connectivity index (χ0n) is 13.1. The van der Waals surface area contributed by atoms with Crippen molar-refractivity contribution in [2.24, 2.45) is 0 Å². The molecule has 1 aliphatic rings. The maximum Gasteiger partial charge on any atom is 0.328 e. The number of nitrogens with zero attached hydrogens (tertiary/aromatic N) is 1. The molecule has 0 saturated carbocycles. The molecule has 1 heterocycles. The second kappa shape index (κ2) is 6.17. The molecule has 6 heteroatoms. The van der Waals surface area contributed by atoms with E-state index in [0.29, 0.717) is 23.4 Å². The lowest BCUT2D eigenvalue weighted by Crippen LogP contribution is -2.52. The predicted octanol–water partition coefficient (Wildman–Crippen LogP) is 1.95. The van der Waals surface area contributed by atoms with Gasteiger partial charge in [0.05, 0.1) is 12.8 Å². The van der Waals surface area contributed by atoms with E-state index in [1.807, 2.05) is 0 Å². The van der Waals surface area contributed by atoms with Gasteiger partial charge in [0.15, 0.2) is 11.9 Å². The number of hydrogen-bond acceptors (Lipinski definition) is 5. The number of ketones is 1. The molecule has 0 fully saturated rings. The van der Waals surface area contributed by atoms with Crippen LogP contribution in [0.3, 0.4) is 0 Å². The van der Waals surface area contributed by atoms with Crippen molar-refractivity contribution in [3.63, 3.8) is 0 Å². The highest BCUT2D eigenvalue weighted by Crippen LogP contribution is 2.37. The van der Waals surface area contributed by atoms with Crippen LogP contribution in [0, 0.1) is 0 Å². The molecule has 0 aromatic heterocycles. The molecule has 0 aliphatic carbocycles. The Balaban J connectivity index is 2.57. The van der Waals surface area contributed by atoms with Gasteiger partial charge in [-0.05, 0) is 38.5 Å². The summed E-state index contributed by atoms with van der Waals surface area (Å²) in [5.41, 5.74) is 0.877. The Labute approximate surface area is 129 Å². The number of carbonyl (C=O) groups excluding carboxylic acids is 3. The van der Waals surface area contributed by atoms with Gasteiger partial charge in [0, 0.05) is 5.56 Å². The summed E-state index contributed by atoms with van der Waals surface area (Å²) in [6.45, 7) is 4.86. The maximum atomic E-state index is 12.5. The first-order chi connectivity index (χ1) is 10.4. The van der Waals surface area contributed by atoms with E-state index in [2.05, 4.69) is 0 Å². The number of benzene rings is 1. The fraction of sp³-hybridized carbons (Fsp3) is 0.438. The third kappa shape index (κ3) is 2.68. The van der Waals surface area contributed by atoms with E-state index in [1.54, 1.807) is 32.0 Å². The molecular formula is C16H19NO5. The van der Waals surface area contributed by atoms with Crippen LogP contribution in [0.15, 0.2) is 18.2 Å². The average molecular weight is 305 g/mol. The molecule has 0 saturated heterocycles. The monoisotopic (exact) mass is 305 g/mol. The number of fused-ring (bicyclic) bond motifs is 1. The quantitative estimate of drug-likeness (QED) is 0.628. The van der Waals surface area contributed by atoms with E-state index >= 15 is 0 Å². The van der Waals surface area contributed by atoms with Gasteiger partial charge in [-0.3, -0.25) is 14.5 Å². The predicted molar refractivity (Wildman–Crippen MR) is 80.1 cm³/mol. The van der Waals surface area contributed by atoms with E-state index in [-0.39, 0.29) is 11.7 Å². The lowest BCUT2D eigenvalue weighted by molar-refractivity contribution is -0.144. The van der Waals surface area contributed by atoms with Crippen LogP contribution in [0.25, 0.3) is 0 Å². The lowest BCUT2D eigenvalue weighted by atomic mass is 10.0. The van der Waals surface area contributed by atoms with Crippen LogP contribution < -0.4 is 9.64 Å². The topological polar surface area (TPSA) is 72.9 Å². The molecule has 1 amide bonds. The number of amides is 1. The Bertz CT molecular complexity index is 625. The number of esters is 1. The van der Waals surface area contributed by atoms with E-state index < -0.39 is 18.1 Å². The fourth-order valence-electron chi connectivity index (χ4n) is 2.49. The average Bonchev–Trinajstić information content (AvgIpc) is 2.50. The molecule has 22 heavy (non-hydrogen) atoms. The van der Waals surface area contributed by atoms with Crippen LogP contribution >= 0.6 is 0 Å². The zero-order valence-corrected chi connectivity index (χ0v) is 13.1. The Morgan fingerprint density at radius 1 is 1.41 bits per heavy atom. The summed E-state index contributed by atoms with van der Waals surface area (Å²) < 4.78 is 10.4. The number of carbonyl (C=O) groups is 3. The van der Waals surface area contributed by atoms with Crippen molar-refractivity contribution in [1.82, 2.24) is 0 Å². The Morgan fingerprint density at radius 3 is 2.64 bits per heavy atom. The van der Waals surface area contributed by atoms with Crippen molar-refractivity contribution in [3.05, 3.63) is 23.8 Å². The molecule has 118 valence electrons. The number of anilines is 1. The summed E-state index contributed by atoms with van der Waals surface area (Å²) in [4.78, 5) is 37.5. The molecule has 1 aromatic rings. The van der Waals surface area contributed by atoms with Gasteiger partial charge in [-0.15, -0.1) is 0 Å². The molecule has 0 spiro atoms. The zero-order chi connectivity index (χ0) is 16.4. The van der Waals surface area contributed by atoms with Gasteiger partial charge in [0.2, 0.25) is 0 Å². The Morgan fingerprint density at radius 2 is 2.09 bits per heavy atom. The molecule has 1 aliphatic heterocycles. The number of Topliss-reactive ketones (excluding diaryl/α,β-unsaturated/α-hetero) is 1. The summed E-state index contributed by atoms with van der Waals surface area (Å²) in [5, 5.41) is 0. The minimum atomic E-state index is -0.746. The molecule has 6 nitrogen and oxygen atoms in total. The van der Waals surface area contributed by atoms with E-state index in [0.717, 1.165) is 0 Å². The van der Waals surface area contributed by atoms with Crippen molar-refractivity contribution in [2.75, 3.05) is 12.0 Å². The van der Waals surface area contributed by atoms with E-state index in [1.165, 1.54) is 18.9 Å². The van der Waals surface area contributed by atoms with Gasteiger partial charge in [0.25, 0.3) is 5.91 Å². The second-order valence-electron chi connectivity index (χ2n) is 5.15. The van der Waals surface area contributed by atoms with Gasteiger partial charge in [0.1, 0.15) is 11.8 Å². The molecule has 2 unspecified atom stereocenters. The van der Waals surface area contributed by atoms with Crippen LogP contribution in [-0.2, 0) is 14.3 Å². The molecule has 0 bridgehead atoms. The van der Waals surface area contributed by atoms with E-state index in [9.17, 15) is 14.4 Å². The standard InChI is InChI=1S/C16H19NO5/c1-5-12(16(20)21-4)17-13-8-11(9(2)18)6-7-14(13)22-10(3)15(17)19/h6-8,10,12H,5H2,1-4H3. The number of hydrogen-bond donors (Lipinski definition) is 0. The maximum absolute atomic E-state index is 12.5. The lowest BCUT2D eigenvalue weighted by Gasteiger charge is -2.36. The summed E-state index contributed by atoms with van der Waals surface area (Å²) in [6.07, 6.45) is -0.302. The van der Waals surface area contributed by atoms with Gasteiger partial charge >= 0.3 is 5.97 Å². The van der Waals surface area contributed by atoms with Gasteiger partial charge in [-0.1, -0.05) is 6.92 Å². The van der Waals surface area contributed by atoms with Crippen LogP contribution in [0.4, 0.5) is 5.69 Å². The van der Waals surface area contributed by atoms with Crippen LogP contribution in [0.2, 0.25) is 0 Å². The molecule has 2 atom stereocenters. The third-order valence-corrected chi connectivity index (χ3v) is 3.69. The van der Waals surface area contributed by atoms with Crippen LogP contribution in [0.5, 0.6) is 5.75 Å². The largest absolute Gasteiger partial charge is 0.479 e. The minimum absolute atomic E-state index is 0.125. The van der Waals surface area contributed by atoms with Crippen LogP contribution in [0.1, 0.15) is 37.6 Å². The summed E-state index contributed by atoms with van der Waals surface area (Å²) in [7, 11) is 1.28. The summed E-state index contributed by atoms with van der Waals surface area (Å²) >= 11 is 0. The fourth-order valence-corrected chi connectivity index (χ4v) is 2.49. The number of methoxy groups -OCH3 is 1. The molecule has 1 aromatic carbocycles. The van der Waals surface area contributed by atoms with Crippen LogP contribution in [-0.4, -0.2) is 36.9 Å². The second-order valence-corrected chi connectivity index (χ2v) is 5.15. The first-order valence-electron chi connectivity index (χ1n) is 7.13. The smallest absolute Gasteiger partial charge is 0.328 e. The first-order valence-corrected chi connectivity index (χ1v) is 7.13. The van der Waals surface area contributed by atoms with Gasteiger partial charge in [-0.2, -0.15) is 0 Å². The minimum Gasteiger partial charge on any atom is -0.479 e. The highest BCUT2D eigenvalue weighted by Gasteiger charge is 2.39. The molecular weight excluding hydrogens is 286 g/mol. The summed E-state index contributed by atoms with van der Waals surface area (Å²) in [5.74, 6) is -0.478. The third-order valence-electron chi connectivity index (χ3n) is 3.69. The van der Waals surface area contributed by atoms with E-state index in [4.69, 9.17) is 9.47 Å². The van der Waals surface area contributed by atoms with Crippen molar-refractivity contribution in [3.8, 4) is 5.75 Å². The molecule has 0 radical (unpaired) electrons. The van der Waals surface area contributed by atoms with Crippen molar-refractivity contribution in [2.45, 2.75) is 39.3 Å². The first kappa shape index (κ1) is 16.0. The normalized spacial score (nSPS) is 18.3. The van der Waals surface area contributed by atoms with Crippen molar-refractivity contribution >= 4 is 23.3 Å². The Kier molecular flexibility index (Phi) is 4.49. The Hall–Kier alpha value is -2.37. The highest BCUT2D eigenvalue weighted by molar-refractivity contribution is 6.06.